The van der Waals surface area contributed by atoms with Crippen LogP contribution in [0.1, 0.15) is 18.0 Å². The van der Waals surface area contributed by atoms with Gasteiger partial charge in [-0.25, -0.2) is 8.78 Å². The van der Waals surface area contributed by atoms with E-state index in [4.69, 9.17) is 10.8 Å². The molecule has 0 aliphatic rings. The normalized spacial score (nSPS) is 12.9. The third kappa shape index (κ3) is 2.50. The molecule has 0 aromatic heterocycles. The van der Waals surface area contributed by atoms with Crippen molar-refractivity contribution >= 4 is 15.9 Å². The van der Waals surface area contributed by atoms with Gasteiger partial charge in [-0.15, -0.1) is 0 Å². The molecule has 1 aromatic rings. The molecular formula is C9H10BrF2NO. The molecule has 0 saturated heterocycles. The summed E-state index contributed by atoms with van der Waals surface area (Å²) in [6, 6.07) is 1.78. The van der Waals surface area contributed by atoms with Crippen LogP contribution in [0.2, 0.25) is 0 Å². The standard InChI is InChI=1S/C9H10BrF2NO/c10-9-6(11)3-5(4-7(9)12)8(13)1-2-14/h3-4,8,14H,1-2,13H2. The highest BCUT2D eigenvalue weighted by atomic mass is 79.9. The Kier molecular flexibility index (Phi) is 3.97. The fourth-order valence-corrected chi connectivity index (χ4v) is 1.32. The van der Waals surface area contributed by atoms with E-state index in [1.807, 2.05) is 0 Å². The minimum Gasteiger partial charge on any atom is -0.396 e. The number of hydrogen-bond donors (Lipinski definition) is 2. The fraction of sp³-hybridized carbons (Fsp3) is 0.333. The van der Waals surface area contributed by atoms with Crippen molar-refractivity contribution in [3.05, 3.63) is 33.8 Å². The summed E-state index contributed by atoms with van der Waals surface area (Å²) >= 11 is 2.76. The second-order valence-electron chi connectivity index (χ2n) is 2.92. The smallest absolute Gasteiger partial charge is 0.140 e. The first-order valence-corrected chi connectivity index (χ1v) is 4.86. The van der Waals surface area contributed by atoms with Crippen LogP contribution >= 0.6 is 15.9 Å². The van der Waals surface area contributed by atoms with Gasteiger partial charge in [-0.05, 0) is 40.0 Å². The van der Waals surface area contributed by atoms with Crippen molar-refractivity contribution in [2.24, 2.45) is 5.73 Å². The third-order valence-corrected chi connectivity index (χ3v) is 2.63. The van der Waals surface area contributed by atoms with E-state index in [-0.39, 0.29) is 17.5 Å². The highest BCUT2D eigenvalue weighted by molar-refractivity contribution is 9.10. The van der Waals surface area contributed by atoms with Crippen molar-refractivity contribution in [3.63, 3.8) is 0 Å². The molecular weight excluding hydrogens is 256 g/mol. The highest BCUT2D eigenvalue weighted by Gasteiger charge is 2.12. The average Bonchev–Trinajstić information content (AvgIpc) is 2.13. The number of benzene rings is 1. The molecule has 0 radical (unpaired) electrons. The molecule has 14 heavy (non-hydrogen) atoms. The van der Waals surface area contributed by atoms with Gasteiger partial charge >= 0.3 is 0 Å². The van der Waals surface area contributed by atoms with Crippen LogP contribution in [0.15, 0.2) is 16.6 Å². The van der Waals surface area contributed by atoms with E-state index in [0.29, 0.717) is 5.56 Å². The van der Waals surface area contributed by atoms with E-state index in [1.165, 1.54) is 0 Å². The van der Waals surface area contributed by atoms with Crippen LogP contribution in [0.5, 0.6) is 0 Å². The molecule has 1 rings (SSSR count). The summed E-state index contributed by atoms with van der Waals surface area (Å²) in [4.78, 5) is 0. The molecule has 0 spiro atoms. The lowest BCUT2D eigenvalue weighted by Gasteiger charge is -2.11. The van der Waals surface area contributed by atoms with E-state index in [1.54, 1.807) is 0 Å². The van der Waals surface area contributed by atoms with Gasteiger partial charge in [0.15, 0.2) is 0 Å². The van der Waals surface area contributed by atoms with Gasteiger partial charge in [-0.2, -0.15) is 0 Å². The Labute approximate surface area is 88.9 Å². The Bertz CT molecular complexity index is 310. The molecule has 2 nitrogen and oxygen atoms in total. The average molecular weight is 266 g/mol. The van der Waals surface area contributed by atoms with Crippen molar-refractivity contribution in [2.75, 3.05) is 6.61 Å². The number of halogens is 3. The molecule has 78 valence electrons. The van der Waals surface area contributed by atoms with Crippen LogP contribution in [-0.2, 0) is 0 Å². The van der Waals surface area contributed by atoms with Crippen molar-refractivity contribution < 1.29 is 13.9 Å². The van der Waals surface area contributed by atoms with E-state index < -0.39 is 17.7 Å². The lowest BCUT2D eigenvalue weighted by atomic mass is 10.1. The van der Waals surface area contributed by atoms with Crippen LogP contribution < -0.4 is 5.73 Å². The zero-order valence-electron chi connectivity index (χ0n) is 7.30. The molecule has 1 aromatic carbocycles. The number of hydrogen-bond acceptors (Lipinski definition) is 2. The molecule has 0 saturated carbocycles. The van der Waals surface area contributed by atoms with Gasteiger partial charge < -0.3 is 10.8 Å². The van der Waals surface area contributed by atoms with Gasteiger partial charge in [0.25, 0.3) is 0 Å². The molecule has 3 N–H and O–H groups in total. The van der Waals surface area contributed by atoms with Crippen molar-refractivity contribution in [1.29, 1.82) is 0 Å². The summed E-state index contributed by atoms with van der Waals surface area (Å²) in [5.41, 5.74) is 5.93. The maximum Gasteiger partial charge on any atom is 0.140 e. The van der Waals surface area contributed by atoms with Gasteiger partial charge in [-0.1, -0.05) is 0 Å². The maximum absolute atomic E-state index is 13.0. The van der Waals surface area contributed by atoms with Crippen LogP contribution in [0.3, 0.4) is 0 Å². The zero-order chi connectivity index (χ0) is 10.7. The second-order valence-corrected chi connectivity index (χ2v) is 3.71. The molecule has 0 aliphatic heterocycles. The molecule has 1 atom stereocenters. The summed E-state index contributed by atoms with van der Waals surface area (Å²) in [6.45, 7) is -0.111. The summed E-state index contributed by atoms with van der Waals surface area (Å²) < 4.78 is 25.9. The van der Waals surface area contributed by atoms with E-state index in [0.717, 1.165) is 12.1 Å². The highest BCUT2D eigenvalue weighted by Crippen LogP contribution is 2.24. The number of rotatable bonds is 3. The lowest BCUT2D eigenvalue weighted by Crippen LogP contribution is -2.12. The zero-order valence-corrected chi connectivity index (χ0v) is 8.89. The van der Waals surface area contributed by atoms with Gasteiger partial charge in [0.1, 0.15) is 11.6 Å². The summed E-state index contributed by atoms with van der Waals surface area (Å²) in [5.74, 6) is -1.37. The molecule has 0 amide bonds. The Morgan fingerprint density at radius 3 is 2.29 bits per heavy atom. The molecule has 5 heteroatoms. The minimum atomic E-state index is -0.687. The predicted molar refractivity (Wildman–Crippen MR) is 52.7 cm³/mol. The Morgan fingerprint density at radius 1 is 1.36 bits per heavy atom. The summed E-state index contributed by atoms with van der Waals surface area (Å²) in [7, 11) is 0. The first-order chi connectivity index (χ1) is 6.56. The fourth-order valence-electron chi connectivity index (χ4n) is 1.09. The number of aliphatic hydroxyl groups excluding tert-OH is 1. The van der Waals surface area contributed by atoms with Crippen LogP contribution in [0, 0.1) is 11.6 Å². The molecule has 0 fully saturated rings. The SMILES string of the molecule is NC(CCO)c1cc(F)c(Br)c(F)c1. The van der Waals surface area contributed by atoms with Gasteiger partial charge in [0, 0.05) is 12.6 Å². The number of aliphatic hydroxyl groups is 1. The Balaban J connectivity index is 3.00. The largest absolute Gasteiger partial charge is 0.396 e. The van der Waals surface area contributed by atoms with Gasteiger partial charge in [0.05, 0.1) is 4.47 Å². The Hall–Kier alpha value is -0.520. The predicted octanol–water partition coefficient (Wildman–Crippen LogP) is 2.11. The maximum atomic E-state index is 13.0. The van der Waals surface area contributed by atoms with Gasteiger partial charge in [-0.3, -0.25) is 0 Å². The van der Waals surface area contributed by atoms with Crippen molar-refractivity contribution in [3.8, 4) is 0 Å². The van der Waals surface area contributed by atoms with Crippen LogP contribution in [0.4, 0.5) is 8.78 Å². The minimum absolute atomic E-state index is 0.111. The monoisotopic (exact) mass is 265 g/mol. The molecule has 0 aliphatic carbocycles. The summed E-state index contributed by atoms with van der Waals surface area (Å²) in [6.07, 6.45) is 0.278. The van der Waals surface area contributed by atoms with E-state index in [9.17, 15) is 8.78 Å². The first-order valence-electron chi connectivity index (χ1n) is 4.07. The quantitative estimate of drug-likeness (QED) is 0.823. The first kappa shape index (κ1) is 11.6. The second kappa shape index (κ2) is 4.82. The molecule has 0 bridgehead atoms. The number of nitrogens with two attached hydrogens (primary N) is 1. The summed E-state index contributed by atoms with van der Waals surface area (Å²) in [5, 5.41) is 8.61. The van der Waals surface area contributed by atoms with E-state index >= 15 is 0 Å². The van der Waals surface area contributed by atoms with E-state index in [2.05, 4.69) is 15.9 Å². The molecule has 0 heterocycles. The topological polar surface area (TPSA) is 46.2 Å². The van der Waals surface area contributed by atoms with Gasteiger partial charge in [0.2, 0.25) is 0 Å². The van der Waals surface area contributed by atoms with Crippen LogP contribution in [0.25, 0.3) is 0 Å². The third-order valence-electron chi connectivity index (χ3n) is 1.87. The lowest BCUT2D eigenvalue weighted by molar-refractivity contribution is 0.276. The van der Waals surface area contributed by atoms with Crippen LogP contribution in [-0.4, -0.2) is 11.7 Å². The van der Waals surface area contributed by atoms with Crippen molar-refractivity contribution in [1.82, 2.24) is 0 Å². The Morgan fingerprint density at radius 2 is 1.86 bits per heavy atom. The molecule has 1 unspecified atom stereocenters. The van der Waals surface area contributed by atoms with Crippen molar-refractivity contribution in [2.45, 2.75) is 12.5 Å².